The monoisotopic (exact) mass is 357 g/mol. The Morgan fingerprint density at radius 1 is 0.926 bits per heavy atom. The molecule has 0 saturated heterocycles. The second-order valence-electron chi connectivity index (χ2n) is 6.18. The van der Waals surface area contributed by atoms with E-state index in [2.05, 4.69) is 15.6 Å². The highest BCUT2D eigenvalue weighted by Gasteiger charge is 2.09. The number of hydrogen-bond donors (Lipinski definition) is 2. The summed E-state index contributed by atoms with van der Waals surface area (Å²) in [4.78, 5) is 16.6. The number of oxazole rings is 1. The maximum atomic E-state index is 12.1. The van der Waals surface area contributed by atoms with Gasteiger partial charge >= 0.3 is 6.03 Å². The van der Waals surface area contributed by atoms with Gasteiger partial charge in [0.25, 0.3) is 0 Å². The van der Waals surface area contributed by atoms with Crippen LogP contribution in [0.25, 0.3) is 22.6 Å². The Bertz CT molecular complexity index is 1020. The van der Waals surface area contributed by atoms with Crippen molar-refractivity contribution in [2.45, 2.75) is 6.42 Å². The van der Waals surface area contributed by atoms with Crippen LogP contribution in [0.1, 0.15) is 5.56 Å². The van der Waals surface area contributed by atoms with Gasteiger partial charge in [-0.3, -0.25) is 0 Å². The molecule has 0 aliphatic rings. The molecule has 0 aliphatic heterocycles. The standard InChI is InChI=1S/C22H19N3O2/c26-22(23-14-13-16-7-2-1-3-8-16)24-18-10-6-9-17(15-18)21-25-19-11-4-5-12-20(19)27-21/h1-12,15H,13-14H2,(H2,23,24,26). The van der Waals surface area contributed by atoms with E-state index in [1.54, 1.807) is 0 Å². The van der Waals surface area contributed by atoms with Gasteiger partial charge in [-0.1, -0.05) is 48.5 Å². The third kappa shape index (κ3) is 4.15. The molecular formula is C22H19N3O2. The molecule has 0 unspecified atom stereocenters. The van der Waals surface area contributed by atoms with Gasteiger partial charge < -0.3 is 15.1 Å². The molecule has 5 heteroatoms. The molecule has 3 aromatic carbocycles. The van der Waals surface area contributed by atoms with Crippen molar-refractivity contribution in [3.8, 4) is 11.5 Å². The topological polar surface area (TPSA) is 67.2 Å². The smallest absolute Gasteiger partial charge is 0.319 e. The fourth-order valence-corrected chi connectivity index (χ4v) is 2.87. The van der Waals surface area contributed by atoms with Crippen LogP contribution in [0.3, 0.4) is 0 Å². The fourth-order valence-electron chi connectivity index (χ4n) is 2.87. The van der Waals surface area contributed by atoms with E-state index in [4.69, 9.17) is 4.42 Å². The maximum absolute atomic E-state index is 12.1. The zero-order valence-corrected chi connectivity index (χ0v) is 14.7. The average Bonchev–Trinajstić information content (AvgIpc) is 3.13. The van der Waals surface area contributed by atoms with Crippen molar-refractivity contribution in [1.29, 1.82) is 0 Å². The van der Waals surface area contributed by atoms with Crippen LogP contribution in [0.4, 0.5) is 10.5 Å². The average molecular weight is 357 g/mol. The maximum Gasteiger partial charge on any atom is 0.319 e. The van der Waals surface area contributed by atoms with Crippen molar-refractivity contribution < 1.29 is 9.21 Å². The molecule has 0 radical (unpaired) electrons. The largest absolute Gasteiger partial charge is 0.436 e. The lowest BCUT2D eigenvalue weighted by Gasteiger charge is -2.08. The number of anilines is 1. The molecular weight excluding hydrogens is 338 g/mol. The molecule has 0 spiro atoms. The van der Waals surface area contributed by atoms with Crippen LogP contribution < -0.4 is 10.6 Å². The predicted octanol–water partition coefficient (Wildman–Crippen LogP) is 4.86. The SMILES string of the molecule is O=C(NCCc1ccccc1)Nc1cccc(-c2nc3ccccc3o2)c1. The number of carbonyl (C=O) groups excluding carboxylic acids is 1. The van der Waals surface area contributed by atoms with Crippen LogP contribution in [0.2, 0.25) is 0 Å². The van der Waals surface area contributed by atoms with E-state index >= 15 is 0 Å². The number of para-hydroxylation sites is 2. The van der Waals surface area contributed by atoms with Crippen LogP contribution in [0.5, 0.6) is 0 Å². The molecule has 134 valence electrons. The van der Waals surface area contributed by atoms with Crippen LogP contribution in [-0.2, 0) is 6.42 Å². The zero-order chi connectivity index (χ0) is 18.5. The van der Waals surface area contributed by atoms with Crippen LogP contribution in [0, 0.1) is 0 Å². The molecule has 27 heavy (non-hydrogen) atoms. The molecule has 1 heterocycles. The van der Waals surface area contributed by atoms with E-state index in [-0.39, 0.29) is 6.03 Å². The van der Waals surface area contributed by atoms with Gasteiger partial charge in [0.1, 0.15) is 5.52 Å². The number of benzene rings is 3. The fraction of sp³-hybridized carbons (Fsp3) is 0.0909. The molecule has 4 rings (SSSR count). The Hall–Kier alpha value is -3.60. The molecule has 5 nitrogen and oxygen atoms in total. The molecule has 0 bridgehead atoms. The molecule has 1 aromatic heterocycles. The van der Waals surface area contributed by atoms with Gasteiger partial charge in [-0.2, -0.15) is 0 Å². The van der Waals surface area contributed by atoms with Crippen LogP contribution in [0.15, 0.2) is 83.3 Å². The summed E-state index contributed by atoms with van der Waals surface area (Å²) < 4.78 is 5.79. The number of nitrogens with zero attached hydrogens (tertiary/aromatic N) is 1. The second kappa shape index (κ2) is 7.74. The minimum Gasteiger partial charge on any atom is -0.436 e. The number of amides is 2. The highest BCUT2D eigenvalue weighted by molar-refractivity contribution is 5.90. The highest BCUT2D eigenvalue weighted by Crippen LogP contribution is 2.25. The summed E-state index contributed by atoms with van der Waals surface area (Å²) in [5.41, 5.74) is 4.24. The Morgan fingerprint density at radius 2 is 1.74 bits per heavy atom. The Kier molecular flexibility index (Phi) is 4.83. The van der Waals surface area contributed by atoms with Gasteiger partial charge in [0, 0.05) is 17.8 Å². The summed E-state index contributed by atoms with van der Waals surface area (Å²) >= 11 is 0. The minimum absolute atomic E-state index is 0.236. The van der Waals surface area contributed by atoms with Crippen LogP contribution in [-0.4, -0.2) is 17.6 Å². The van der Waals surface area contributed by atoms with Crippen LogP contribution >= 0.6 is 0 Å². The number of hydrogen-bond acceptors (Lipinski definition) is 3. The normalized spacial score (nSPS) is 10.7. The lowest BCUT2D eigenvalue weighted by molar-refractivity contribution is 0.252. The van der Waals surface area contributed by atoms with E-state index in [1.165, 1.54) is 5.56 Å². The third-order valence-electron chi connectivity index (χ3n) is 4.20. The van der Waals surface area contributed by atoms with Gasteiger partial charge in [-0.25, -0.2) is 9.78 Å². The van der Waals surface area contributed by atoms with Gasteiger partial charge in [0.05, 0.1) is 0 Å². The first-order chi connectivity index (χ1) is 13.3. The molecule has 0 fully saturated rings. The van der Waals surface area contributed by atoms with Gasteiger partial charge in [-0.05, 0) is 42.3 Å². The molecule has 2 N–H and O–H groups in total. The minimum atomic E-state index is -0.236. The third-order valence-corrected chi connectivity index (χ3v) is 4.20. The van der Waals surface area contributed by atoms with E-state index in [0.717, 1.165) is 23.1 Å². The Labute approximate surface area is 157 Å². The summed E-state index contributed by atoms with van der Waals surface area (Å²) in [6.07, 6.45) is 0.789. The van der Waals surface area contributed by atoms with E-state index < -0.39 is 0 Å². The zero-order valence-electron chi connectivity index (χ0n) is 14.7. The molecule has 0 aliphatic carbocycles. The first kappa shape index (κ1) is 16.8. The van der Waals surface area contributed by atoms with Gasteiger partial charge in [-0.15, -0.1) is 0 Å². The first-order valence-corrected chi connectivity index (χ1v) is 8.83. The van der Waals surface area contributed by atoms with Crippen molar-refractivity contribution in [3.05, 3.63) is 84.4 Å². The number of nitrogens with one attached hydrogen (secondary N) is 2. The summed E-state index contributed by atoms with van der Waals surface area (Å²) in [6.45, 7) is 0.570. The Morgan fingerprint density at radius 3 is 2.59 bits per heavy atom. The van der Waals surface area contributed by atoms with Crippen molar-refractivity contribution >= 4 is 22.8 Å². The lowest BCUT2D eigenvalue weighted by atomic mass is 10.1. The lowest BCUT2D eigenvalue weighted by Crippen LogP contribution is -2.30. The summed E-state index contributed by atoms with van der Waals surface area (Å²) in [6, 6.07) is 24.9. The number of aromatic nitrogens is 1. The van der Waals surface area contributed by atoms with E-state index in [1.807, 2.05) is 78.9 Å². The van der Waals surface area contributed by atoms with Crippen molar-refractivity contribution in [3.63, 3.8) is 0 Å². The number of urea groups is 1. The van der Waals surface area contributed by atoms with Crippen molar-refractivity contribution in [1.82, 2.24) is 10.3 Å². The summed E-state index contributed by atoms with van der Waals surface area (Å²) in [7, 11) is 0. The number of rotatable bonds is 5. The quantitative estimate of drug-likeness (QED) is 0.536. The van der Waals surface area contributed by atoms with Crippen molar-refractivity contribution in [2.75, 3.05) is 11.9 Å². The first-order valence-electron chi connectivity index (χ1n) is 8.83. The molecule has 0 atom stereocenters. The molecule has 2 amide bonds. The number of carbonyl (C=O) groups is 1. The molecule has 0 saturated carbocycles. The number of fused-ring (bicyclic) bond motifs is 1. The summed E-state index contributed by atoms with van der Waals surface area (Å²) in [5, 5.41) is 5.72. The van der Waals surface area contributed by atoms with Gasteiger partial charge in [0.2, 0.25) is 5.89 Å². The summed E-state index contributed by atoms with van der Waals surface area (Å²) in [5.74, 6) is 0.532. The van der Waals surface area contributed by atoms with E-state index in [9.17, 15) is 4.79 Å². The van der Waals surface area contributed by atoms with E-state index in [0.29, 0.717) is 18.1 Å². The predicted molar refractivity (Wildman–Crippen MR) is 107 cm³/mol. The highest BCUT2D eigenvalue weighted by atomic mass is 16.3. The second-order valence-corrected chi connectivity index (χ2v) is 6.18. The van der Waals surface area contributed by atoms with Crippen molar-refractivity contribution in [2.24, 2.45) is 0 Å². The van der Waals surface area contributed by atoms with Gasteiger partial charge in [0.15, 0.2) is 5.58 Å². The molecule has 4 aromatic rings. The Balaban J connectivity index is 1.39.